The van der Waals surface area contributed by atoms with Crippen molar-refractivity contribution in [3.8, 4) is 0 Å². The molecule has 0 saturated heterocycles. The van der Waals surface area contributed by atoms with E-state index in [-0.39, 0.29) is 24.8 Å². The Morgan fingerprint density at radius 1 is 0.650 bits per heavy atom. The van der Waals surface area contributed by atoms with E-state index in [1.807, 2.05) is 15.3 Å². The number of halogens is 4. The summed E-state index contributed by atoms with van der Waals surface area (Å²) in [4.78, 5) is 0. The molecule has 0 heterocycles. The molecule has 0 aromatic heterocycles. The average Bonchev–Trinajstić information content (AvgIpc) is 3.70. The first-order chi connectivity index (χ1) is 18.2. The molecule has 204 valence electrons. The van der Waals surface area contributed by atoms with Gasteiger partial charge in [0.05, 0.1) is 0 Å². The Hall–Kier alpha value is -0.714. The minimum absolute atomic E-state index is 0. The Bertz CT molecular complexity index is 1420. The van der Waals surface area contributed by atoms with Crippen molar-refractivity contribution in [3.05, 3.63) is 146 Å². The molecule has 0 nitrogen and oxygen atoms in total. The summed E-state index contributed by atoms with van der Waals surface area (Å²) in [6, 6.07) is 26.0. The Kier molecular flexibility index (Phi) is 12.0. The topological polar surface area (TPSA) is 0 Å². The number of benzene rings is 3. The van der Waals surface area contributed by atoms with Crippen molar-refractivity contribution in [2.45, 2.75) is 31.1 Å². The zero-order valence-electron chi connectivity index (χ0n) is 22.6. The first-order valence-electron chi connectivity index (χ1n) is 13.2. The summed E-state index contributed by atoms with van der Waals surface area (Å²) in [5.41, 5.74) is 8.58. The number of hydrogen-bond acceptors (Lipinski definition) is 0. The molecule has 0 fully saturated rings. The van der Waals surface area contributed by atoms with Gasteiger partial charge in [0.25, 0.3) is 0 Å². The van der Waals surface area contributed by atoms with E-state index >= 15 is 0 Å². The van der Waals surface area contributed by atoms with Crippen LogP contribution in [0.2, 0.25) is 9.26 Å². The summed E-state index contributed by atoms with van der Waals surface area (Å²) in [5.74, 6) is 1.00. The van der Waals surface area contributed by atoms with E-state index in [0.717, 1.165) is 6.42 Å². The van der Waals surface area contributed by atoms with Crippen molar-refractivity contribution < 1.29 is 65.9 Å². The molecule has 0 N–H and O–H groups in total. The summed E-state index contributed by atoms with van der Waals surface area (Å²) in [7, 11) is 12.5. The summed E-state index contributed by atoms with van der Waals surface area (Å²) in [5, 5.41) is 0. The van der Waals surface area contributed by atoms with Gasteiger partial charge in [0.2, 0.25) is 0 Å². The molecule has 3 aromatic rings. The van der Waals surface area contributed by atoms with Crippen LogP contribution in [0.25, 0.3) is 18.2 Å². The third-order valence-corrected chi connectivity index (χ3v) is 16.9. The summed E-state index contributed by atoms with van der Waals surface area (Å²) < 4.78 is 6.01. The molecular weight excluding hydrogens is 733 g/mol. The van der Waals surface area contributed by atoms with E-state index < -0.39 is 16.4 Å². The van der Waals surface area contributed by atoms with E-state index in [2.05, 4.69) is 121 Å². The Balaban J connectivity index is 0.000000174. The molecule has 0 spiro atoms. The first-order valence-corrected chi connectivity index (χ1v) is 27.1. The van der Waals surface area contributed by atoms with Gasteiger partial charge in [0.1, 0.15) is 0 Å². The standard InChI is InChI=1S/C18H14.C9H7.C5H5.2CH3.4ClH.2Zr/c1-3-7-15-13(5-1)9-11-17(15)18-12-10-14-6-2-4-8-16(14)18;1-2-5-9-7-3-6-8(9)4-1;1-2-4-5-3-1;;;;;;;;/h1-12,17-18H;1-7H;1-3H,4H2;2*1H3;4*1H;;/q;;;;;;;;;2*+2/p-4. The molecule has 0 radical (unpaired) electrons. The molecule has 4 aliphatic carbocycles. The fraction of sp³-hybridized carbons (Fsp3) is 0.176. The normalized spacial score (nSPS) is 21.2. The molecule has 0 amide bonds. The van der Waals surface area contributed by atoms with Crippen LogP contribution in [-0.4, -0.2) is 0 Å². The van der Waals surface area contributed by atoms with E-state index in [1.54, 1.807) is 24.7 Å². The maximum absolute atomic E-state index is 6.26. The van der Waals surface area contributed by atoms with Gasteiger partial charge in [-0.15, -0.1) is 0 Å². The maximum atomic E-state index is 6.26. The zero-order chi connectivity index (χ0) is 26.8. The molecule has 7 rings (SSSR count). The van der Waals surface area contributed by atoms with Crippen LogP contribution in [0.5, 0.6) is 0 Å². The van der Waals surface area contributed by atoms with Gasteiger partial charge in [-0.05, 0) is 22.3 Å². The van der Waals surface area contributed by atoms with Crippen LogP contribution in [0.1, 0.15) is 55.3 Å². The first kappa shape index (κ1) is 33.8. The van der Waals surface area contributed by atoms with Crippen LogP contribution < -0.4 is 24.8 Å². The number of fused-ring (bicyclic) bond motifs is 3. The van der Waals surface area contributed by atoms with E-state index in [0.29, 0.717) is 15.5 Å². The molecule has 3 unspecified atom stereocenters. The number of rotatable bonds is 2. The predicted octanol–water partition coefficient (Wildman–Crippen LogP) is 4.84. The Labute approximate surface area is 275 Å². The van der Waals surface area contributed by atoms with Gasteiger partial charge >= 0.3 is 147 Å². The van der Waals surface area contributed by atoms with E-state index in [1.165, 1.54) is 36.7 Å². The second kappa shape index (κ2) is 14.2. The van der Waals surface area contributed by atoms with Gasteiger partial charge in [-0.1, -0.05) is 72.8 Å². The van der Waals surface area contributed by atoms with Crippen LogP contribution >= 0.6 is 17.0 Å². The number of hydrogen-bond donors (Lipinski definition) is 0. The van der Waals surface area contributed by atoms with Crippen LogP contribution in [-0.2, 0) is 41.1 Å². The van der Waals surface area contributed by atoms with Crippen LogP contribution in [0.15, 0.2) is 113 Å². The molecule has 3 aromatic carbocycles. The molecule has 40 heavy (non-hydrogen) atoms. The molecule has 0 saturated carbocycles. The van der Waals surface area contributed by atoms with Crippen LogP contribution in [0, 0.1) is 0 Å². The van der Waals surface area contributed by atoms with Crippen molar-refractivity contribution in [2.75, 3.05) is 0 Å². The fourth-order valence-electron chi connectivity index (χ4n) is 5.39. The van der Waals surface area contributed by atoms with E-state index in [4.69, 9.17) is 17.0 Å². The van der Waals surface area contributed by atoms with Crippen molar-refractivity contribution in [1.82, 2.24) is 0 Å². The van der Waals surface area contributed by atoms with Gasteiger partial charge < -0.3 is 24.8 Å². The molecular formula is C34H32Cl4Zr2. The average molecular weight is 765 g/mol. The molecule has 0 bridgehead atoms. The third kappa shape index (κ3) is 8.01. The molecule has 0 aliphatic heterocycles. The monoisotopic (exact) mass is 760 g/mol. The molecule has 4 aliphatic rings. The predicted molar refractivity (Wildman–Crippen MR) is 160 cm³/mol. The molecule has 6 heteroatoms. The van der Waals surface area contributed by atoms with Crippen LogP contribution in [0.3, 0.4) is 0 Å². The third-order valence-electron chi connectivity index (χ3n) is 7.52. The number of allylic oxidation sites excluding steroid dienone is 7. The van der Waals surface area contributed by atoms with Crippen LogP contribution in [0.4, 0.5) is 0 Å². The van der Waals surface area contributed by atoms with Gasteiger partial charge in [-0.25, -0.2) is 0 Å². The van der Waals surface area contributed by atoms with Crippen molar-refractivity contribution >= 4 is 35.3 Å². The Morgan fingerprint density at radius 3 is 1.48 bits per heavy atom. The van der Waals surface area contributed by atoms with E-state index in [9.17, 15) is 0 Å². The van der Waals surface area contributed by atoms with Crippen molar-refractivity contribution in [3.63, 3.8) is 0 Å². The summed E-state index contributed by atoms with van der Waals surface area (Å²) in [6.45, 7) is 0. The fourth-order valence-corrected chi connectivity index (χ4v) is 11.0. The Morgan fingerprint density at radius 2 is 1.07 bits per heavy atom. The van der Waals surface area contributed by atoms with Gasteiger partial charge in [0.15, 0.2) is 0 Å². The second-order valence-corrected chi connectivity index (χ2v) is 38.4. The minimum atomic E-state index is -3.26. The zero-order valence-corrected chi connectivity index (χ0v) is 30.5. The summed E-state index contributed by atoms with van der Waals surface area (Å²) >= 11 is -1.67. The summed E-state index contributed by atoms with van der Waals surface area (Å²) in [6.07, 6.45) is 20.9. The van der Waals surface area contributed by atoms with Gasteiger partial charge in [0, 0.05) is 11.8 Å². The van der Waals surface area contributed by atoms with Crippen molar-refractivity contribution in [1.29, 1.82) is 0 Å². The molecule has 3 atom stereocenters. The van der Waals surface area contributed by atoms with Gasteiger partial charge in [-0.3, -0.25) is 0 Å². The second-order valence-electron chi connectivity index (χ2n) is 10.8. The quantitative estimate of drug-likeness (QED) is 0.351. The van der Waals surface area contributed by atoms with Gasteiger partial charge in [-0.2, -0.15) is 0 Å². The SMILES string of the molecule is C1=CC(C2C=Cc3ccccc32)c2ccccc21.[CH3][Zr]([CH3])([Cl])([Cl])[C]1=CC=CC1.[Cl-].[Cl-].[Zr+2][CH]1C=Cc2ccccc21. The van der Waals surface area contributed by atoms with Crippen molar-refractivity contribution in [2.24, 2.45) is 0 Å².